The maximum Gasteiger partial charge on any atom is 0.330 e. The Labute approximate surface area is 101 Å². The van der Waals surface area contributed by atoms with Crippen LogP contribution in [0.3, 0.4) is 0 Å². The molecule has 1 unspecified atom stereocenters. The van der Waals surface area contributed by atoms with Crippen LogP contribution in [0.15, 0.2) is 21.9 Å². The predicted molar refractivity (Wildman–Crippen MR) is 57.7 cm³/mol. The van der Waals surface area contributed by atoms with Gasteiger partial charge in [-0.15, -0.1) is 0 Å². The van der Waals surface area contributed by atoms with Crippen molar-refractivity contribution in [2.24, 2.45) is 0 Å². The van der Waals surface area contributed by atoms with E-state index in [2.05, 4.69) is 9.27 Å². The van der Waals surface area contributed by atoms with Crippen molar-refractivity contribution in [3.8, 4) is 0 Å². The minimum Gasteiger partial charge on any atom is -0.390 e. The summed E-state index contributed by atoms with van der Waals surface area (Å²) in [5, 5.41) is 9.65. The Hall–Kier alpha value is -1.15. The number of ether oxygens (including phenoxy) is 1. The highest BCUT2D eigenvalue weighted by molar-refractivity contribution is 6.07. The number of nitrogens with one attached hydrogen (secondary N) is 1. The third-order valence-corrected chi connectivity index (χ3v) is 2.72. The first-order valence-electron chi connectivity index (χ1n) is 5.00. The molecule has 0 radical (unpaired) electrons. The Morgan fingerprint density at radius 2 is 2.41 bits per heavy atom. The molecule has 0 aliphatic carbocycles. The number of H-pyrrole nitrogens is 1. The van der Waals surface area contributed by atoms with E-state index < -0.39 is 29.7 Å². The number of rotatable bonds is 3. The van der Waals surface area contributed by atoms with E-state index >= 15 is 0 Å². The van der Waals surface area contributed by atoms with Gasteiger partial charge in [0.05, 0.1) is 24.6 Å². The molecule has 94 valence electrons. The lowest BCUT2D eigenvalue weighted by atomic mass is 10.2. The molecule has 8 heteroatoms. The van der Waals surface area contributed by atoms with Crippen LogP contribution in [-0.4, -0.2) is 33.5 Å². The summed E-state index contributed by atoms with van der Waals surface area (Å²) in [4.78, 5) is 24.5. The van der Waals surface area contributed by atoms with Gasteiger partial charge in [0.1, 0.15) is 12.3 Å². The molecular weight excluding hydrogens is 252 g/mol. The first kappa shape index (κ1) is 12.3. The van der Waals surface area contributed by atoms with Crippen molar-refractivity contribution >= 4 is 11.9 Å². The average molecular weight is 263 g/mol. The fourth-order valence-electron chi connectivity index (χ4n) is 1.75. The number of halogens is 1. The molecule has 0 spiro atoms. The van der Waals surface area contributed by atoms with Crippen LogP contribution >= 0.6 is 11.9 Å². The lowest BCUT2D eigenvalue weighted by Crippen LogP contribution is -2.31. The first-order valence-corrected chi connectivity index (χ1v) is 5.31. The Bertz CT molecular complexity index is 499. The van der Waals surface area contributed by atoms with E-state index in [-0.39, 0.29) is 13.0 Å². The second kappa shape index (κ2) is 5.01. The minimum absolute atomic E-state index is 0.0251. The molecule has 1 aliphatic rings. The van der Waals surface area contributed by atoms with Gasteiger partial charge in [0, 0.05) is 18.7 Å². The van der Waals surface area contributed by atoms with Gasteiger partial charge in [-0.2, -0.15) is 0 Å². The van der Waals surface area contributed by atoms with Gasteiger partial charge in [0.15, 0.2) is 0 Å². The van der Waals surface area contributed by atoms with Crippen LogP contribution in [-0.2, 0) is 9.03 Å². The Kier molecular flexibility index (Phi) is 3.63. The zero-order chi connectivity index (χ0) is 12.4. The fourth-order valence-corrected chi connectivity index (χ4v) is 1.88. The molecule has 0 aromatic carbocycles. The monoisotopic (exact) mass is 262 g/mol. The quantitative estimate of drug-likeness (QED) is 0.755. The molecule has 2 N–H and O–H groups in total. The van der Waals surface area contributed by atoms with Crippen LogP contribution in [0.4, 0.5) is 0 Å². The smallest absolute Gasteiger partial charge is 0.330 e. The van der Waals surface area contributed by atoms with E-state index in [1.165, 1.54) is 16.8 Å². The summed E-state index contributed by atoms with van der Waals surface area (Å²) in [5.74, 6) is 0. The molecule has 7 nitrogen and oxygen atoms in total. The summed E-state index contributed by atoms with van der Waals surface area (Å²) in [6.45, 7) is 0.0251. The SMILES string of the molecule is O=c1ccn([C@@H]2CC(O)[C@H](COCl)O2)c(=O)[nH]1. The van der Waals surface area contributed by atoms with Gasteiger partial charge >= 0.3 is 5.69 Å². The van der Waals surface area contributed by atoms with E-state index in [1.54, 1.807) is 0 Å². The lowest BCUT2D eigenvalue weighted by molar-refractivity contribution is -0.0397. The zero-order valence-corrected chi connectivity index (χ0v) is 9.46. The molecule has 1 fully saturated rings. The summed E-state index contributed by atoms with van der Waals surface area (Å²) in [7, 11) is 0. The molecule has 17 heavy (non-hydrogen) atoms. The van der Waals surface area contributed by atoms with Gasteiger partial charge in [-0.25, -0.2) is 4.79 Å². The second-order valence-electron chi connectivity index (χ2n) is 3.73. The summed E-state index contributed by atoms with van der Waals surface area (Å²) in [5.41, 5.74) is -1.06. The van der Waals surface area contributed by atoms with Crippen molar-refractivity contribution in [2.45, 2.75) is 24.9 Å². The Morgan fingerprint density at radius 1 is 1.65 bits per heavy atom. The summed E-state index contributed by atoms with van der Waals surface area (Å²) < 4.78 is 11.0. The van der Waals surface area contributed by atoms with Crippen LogP contribution in [0.25, 0.3) is 0 Å². The van der Waals surface area contributed by atoms with E-state index in [0.29, 0.717) is 0 Å². The lowest BCUT2D eigenvalue weighted by Gasteiger charge is -2.14. The molecule has 0 amide bonds. The molecule has 1 aromatic rings. The number of aliphatic hydroxyl groups excluding tert-OH is 1. The normalized spacial score (nSPS) is 28.5. The maximum absolute atomic E-state index is 11.5. The van der Waals surface area contributed by atoms with E-state index in [9.17, 15) is 14.7 Å². The van der Waals surface area contributed by atoms with E-state index in [4.69, 9.17) is 16.6 Å². The number of aromatic nitrogens is 2. The van der Waals surface area contributed by atoms with Crippen molar-refractivity contribution < 1.29 is 14.1 Å². The van der Waals surface area contributed by atoms with Crippen molar-refractivity contribution in [2.75, 3.05) is 6.61 Å². The third kappa shape index (κ3) is 2.58. The largest absolute Gasteiger partial charge is 0.390 e. The van der Waals surface area contributed by atoms with Gasteiger partial charge in [-0.05, 0) is 0 Å². The van der Waals surface area contributed by atoms with Crippen LogP contribution in [0.1, 0.15) is 12.6 Å². The number of hydrogen-bond acceptors (Lipinski definition) is 5. The van der Waals surface area contributed by atoms with Gasteiger partial charge in [0.25, 0.3) is 5.56 Å². The topological polar surface area (TPSA) is 93.6 Å². The molecule has 1 aliphatic heterocycles. The zero-order valence-electron chi connectivity index (χ0n) is 8.71. The first-order chi connectivity index (χ1) is 8.11. The number of aromatic amines is 1. The third-order valence-electron chi connectivity index (χ3n) is 2.59. The van der Waals surface area contributed by atoms with Crippen molar-refractivity contribution in [3.05, 3.63) is 33.1 Å². The van der Waals surface area contributed by atoms with Crippen molar-refractivity contribution in [1.29, 1.82) is 0 Å². The molecule has 1 saturated heterocycles. The van der Waals surface area contributed by atoms with Gasteiger partial charge in [0.2, 0.25) is 0 Å². The Morgan fingerprint density at radius 3 is 3.06 bits per heavy atom. The molecule has 1 aromatic heterocycles. The minimum atomic E-state index is -0.766. The number of aliphatic hydroxyl groups is 1. The van der Waals surface area contributed by atoms with Crippen LogP contribution < -0.4 is 11.2 Å². The van der Waals surface area contributed by atoms with Gasteiger partial charge in [-0.1, -0.05) is 0 Å². The predicted octanol–water partition coefficient (Wildman–Crippen LogP) is -0.645. The van der Waals surface area contributed by atoms with Crippen LogP contribution in [0, 0.1) is 0 Å². The van der Waals surface area contributed by atoms with E-state index in [0.717, 1.165) is 0 Å². The molecule has 0 bridgehead atoms. The van der Waals surface area contributed by atoms with Gasteiger partial charge in [-0.3, -0.25) is 18.6 Å². The standard InChI is InChI=1S/C9H11ClN2O5/c10-16-4-6-5(13)3-8(17-6)12-2-1-7(14)11-9(12)15/h1-2,5-6,8,13H,3-4H2,(H,11,14,15)/t5?,6-,8-/m0/s1. The fraction of sp³-hybridized carbons (Fsp3) is 0.556. The molecular formula is C9H11ClN2O5. The molecule has 3 atom stereocenters. The summed E-state index contributed by atoms with van der Waals surface area (Å²) in [6, 6.07) is 1.21. The van der Waals surface area contributed by atoms with Crippen molar-refractivity contribution in [3.63, 3.8) is 0 Å². The average Bonchev–Trinajstić information content (AvgIpc) is 2.60. The van der Waals surface area contributed by atoms with Gasteiger partial charge < -0.3 is 9.84 Å². The van der Waals surface area contributed by atoms with E-state index in [1.807, 2.05) is 0 Å². The highest BCUT2D eigenvalue weighted by atomic mass is 35.5. The maximum atomic E-state index is 11.5. The Balaban J connectivity index is 2.19. The number of nitrogens with zero attached hydrogens (tertiary/aromatic N) is 1. The molecule has 0 saturated carbocycles. The highest BCUT2D eigenvalue weighted by Gasteiger charge is 2.35. The molecule has 2 rings (SSSR count). The van der Waals surface area contributed by atoms with Crippen LogP contribution in [0.5, 0.6) is 0 Å². The second-order valence-corrected chi connectivity index (χ2v) is 3.94. The van der Waals surface area contributed by atoms with Crippen LogP contribution in [0.2, 0.25) is 0 Å². The summed E-state index contributed by atoms with van der Waals surface area (Å²) >= 11 is 5.09. The summed E-state index contributed by atoms with van der Waals surface area (Å²) in [6.07, 6.45) is -0.431. The molecule has 2 heterocycles. The highest BCUT2D eigenvalue weighted by Crippen LogP contribution is 2.27. The van der Waals surface area contributed by atoms with Crippen molar-refractivity contribution in [1.82, 2.24) is 9.55 Å². The number of hydrogen-bond donors (Lipinski definition) is 2.